The van der Waals surface area contributed by atoms with Gasteiger partial charge in [0.15, 0.2) is 0 Å². The summed E-state index contributed by atoms with van der Waals surface area (Å²) in [6.07, 6.45) is 0. The molecule has 0 bridgehead atoms. The van der Waals surface area contributed by atoms with Crippen LogP contribution in [0.4, 0.5) is 0 Å². The van der Waals surface area contributed by atoms with E-state index in [1.165, 1.54) is 0 Å². The van der Waals surface area contributed by atoms with Crippen LogP contribution in [0.1, 0.15) is 36.0 Å². The van der Waals surface area contributed by atoms with E-state index in [9.17, 15) is 4.79 Å². The first-order chi connectivity index (χ1) is 8.56. The van der Waals surface area contributed by atoms with E-state index in [1.54, 1.807) is 6.07 Å². The van der Waals surface area contributed by atoms with E-state index in [4.69, 9.17) is 9.52 Å². The van der Waals surface area contributed by atoms with Gasteiger partial charge in [-0.1, -0.05) is 13.8 Å². The summed E-state index contributed by atoms with van der Waals surface area (Å²) >= 11 is 0. The molecule has 92 valence electrons. The minimum atomic E-state index is -0.963. The number of benzene rings is 1. The molecular formula is C14H13NO3. The number of rotatable bonds is 2. The van der Waals surface area contributed by atoms with Crippen molar-refractivity contribution in [3.63, 3.8) is 0 Å². The molecule has 3 rings (SSSR count). The first kappa shape index (κ1) is 10.9. The molecule has 0 spiro atoms. The van der Waals surface area contributed by atoms with Crippen molar-refractivity contribution < 1.29 is 14.3 Å². The average Bonchev–Trinajstić information content (AvgIpc) is 2.91. The van der Waals surface area contributed by atoms with E-state index in [0.717, 1.165) is 27.6 Å². The van der Waals surface area contributed by atoms with Crippen LogP contribution in [0.2, 0.25) is 0 Å². The Morgan fingerprint density at radius 1 is 1.33 bits per heavy atom. The highest BCUT2D eigenvalue weighted by atomic mass is 16.4. The molecule has 0 fully saturated rings. The van der Waals surface area contributed by atoms with Gasteiger partial charge in [-0.15, -0.1) is 0 Å². The van der Waals surface area contributed by atoms with Crippen molar-refractivity contribution in [1.82, 2.24) is 4.98 Å². The van der Waals surface area contributed by atoms with Crippen LogP contribution < -0.4 is 0 Å². The third kappa shape index (κ3) is 1.49. The second-order valence-corrected chi connectivity index (χ2v) is 4.74. The number of hydrogen-bond acceptors (Lipinski definition) is 2. The number of carbonyl (C=O) groups is 1. The van der Waals surface area contributed by atoms with Crippen molar-refractivity contribution in [2.24, 2.45) is 0 Å². The van der Waals surface area contributed by atoms with Crippen molar-refractivity contribution in [1.29, 1.82) is 0 Å². The summed E-state index contributed by atoms with van der Waals surface area (Å²) in [4.78, 5) is 13.8. The van der Waals surface area contributed by atoms with Crippen molar-refractivity contribution in [3.05, 3.63) is 35.7 Å². The van der Waals surface area contributed by atoms with Crippen LogP contribution in [0, 0.1) is 0 Å². The summed E-state index contributed by atoms with van der Waals surface area (Å²) in [6, 6.07) is 7.44. The Kier molecular flexibility index (Phi) is 2.20. The SMILES string of the molecule is CC(C)c1cc2ccc3[nH]c(C(=O)O)cc3c2o1. The summed E-state index contributed by atoms with van der Waals surface area (Å²) in [5, 5.41) is 10.8. The van der Waals surface area contributed by atoms with E-state index in [-0.39, 0.29) is 5.69 Å². The van der Waals surface area contributed by atoms with E-state index in [1.807, 2.05) is 18.2 Å². The zero-order chi connectivity index (χ0) is 12.9. The molecule has 0 aliphatic rings. The van der Waals surface area contributed by atoms with Gasteiger partial charge in [-0.2, -0.15) is 0 Å². The number of carboxylic acids is 1. The lowest BCUT2D eigenvalue weighted by atomic mass is 10.1. The molecule has 0 radical (unpaired) electrons. The Balaban J connectivity index is 2.33. The third-order valence-corrected chi connectivity index (χ3v) is 3.10. The number of aromatic nitrogens is 1. The van der Waals surface area contributed by atoms with E-state index in [2.05, 4.69) is 18.8 Å². The second kappa shape index (κ2) is 3.63. The molecule has 3 aromatic rings. The van der Waals surface area contributed by atoms with E-state index in [0.29, 0.717) is 5.92 Å². The molecule has 0 amide bonds. The molecule has 0 saturated carbocycles. The molecule has 0 atom stereocenters. The predicted octanol–water partition coefficient (Wildman–Crippen LogP) is 3.74. The number of aromatic amines is 1. The molecule has 0 aliphatic carbocycles. The smallest absolute Gasteiger partial charge is 0.352 e. The van der Waals surface area contributed by atoms with Crippen LogP contribution in [0.15, 0.2) is 28.7 Å². The molecule has 2 heterocycles. The Labute approximate surface area is 103 Å². The number of nitrogens with one attached hydrogen (secondary N) is 1. The minimum Gasteiger partial charge on any atom is -0.477 e. The summed E-state index contributed by atoms with van der Waals surface area (Å²) < 4.78 is 5.82. The maximum Gasteiger partial charge on any atom is 0.352 e. The monoisotopic (exact) mass is 243 g/mol. The third-order valence-electron chi connectivity index (χ3n) is 3.10. The van der Waals surface area contributed by atoms with Gasteiger partial charge in [-0.3, -0.25) is 0 Å². The van der Waals surface area contributed by atoms with Gasteiger partial charge in [0.05, 0.1) is 0 Å². The highest BCUT2D eigenvalue weighted by molar-refractivity contribution is 6.06. The topological polar surface area (TPSA) is 66.2 Å². The Morgan fingerprint density at radius 3 is 2.78 bits per heavy atom. The Morgan fingerprint density at radius 2 is 2.11 bits per heavy atom. The number of aromatic carboxylic acids is 1. The Bertz CT molecular complexity index is 749. The number of furan rings is 1. The van der Waals surface area contributed by atoms with E-state index < -0.39 is 5.97 Å². The maximum absolute atomic E-state index is 11.0. The minimum absolute atomic E-state index is 0.181. The van der Waals surface area contributed by atoms with E-state index >= 15 is 0 Å². The summed E-state index contributed by atoms with van der Waals surface area (Å²) in [5.74, 6) is 0.260. The fourth-order valence-corrected chi connectivity index (χ4v) is 2.12. The van der Waals surface area contributed by atoms with Gasteiger partial charge in [-0.05, 0) is 24.3 Å². The van der Waals surface area contributed by atoms with Gasteiger partial charge in [0, 0.05) is 22.2 Å². The van der Waals surface area contributed by atoms with Crippen LogP contribution in [0.25, 0.3) is 21.9 Å². The summed E-state index contributed by atoms with van der Waals surface area (Å²) in [6.45, 7) is 4.13. The van der Waals surface area contributed by atoms with Crippen LogP contribution in [0.3, 0.4) is 0 Å². The van der Waals surface area contributed by atoms with Crippen LogP contribution >= 0.6 is 0 Å². The average molecular weight is 243 g/mol. The predicted molar refractivity (Wildman–Crippen MR) is 69.1 cm³/mol. The first-order valence-electron chi connectivity index (χ1n) is 5.84. The van der Waals surface area contributed by atoms with Crippen molar-refractivity contribution in [2.75, 3.05) is 0 Å². The molecular weight excluding hydrogens is 230 g/mol. The fourth-order valence-electron chi connectivity index (χ4n) is 2.12. The molecule has 0 unspecified atom stereocenters. The van der Waals surface area contributed by atoms with Gasteiger partial charge in [0.1, 0.15) is 17.0 Å². The molecule has 18 heavy (non-hydrogen) atoms. The molecule has 4 nitrogen and oxygen atoms in total. The molecule has 0 saturated heterocycles. The standard InChI is InChI=1S/C14H13NO3/c1-7(2)12-5-8-3-4-10-9(13(8)18-12)6-11(15-10)14(16)17/h3-7,15H,1-2H3,(H,16,17). The van der Waals surface area contributed by atoms with Crippen LogP contribution in [-0.2, 0) is 0 Å². The lowest BCUT2D eigenvalue weighted by Gasteiger charge is -1.96. The van der Waals surface area contributed by atoms with Crippen molar-refractivity contribution in [3.8, 4) is 0 Å². The maximum atomic E-state index is 11.0. The number of fused-ring (bicyclic) bond motifs is 3. The zero-order valence-corrected chi connectivity index (χ0v) is 10.2. The van der Waals surface area contributed by atoms with Gasteiger partial charge < -0.3 is 14.5 Å². The Hall–Kier alpha value is -2.23. The molecule has 1 aromatic carbocycles. The molecule has 2 aromatic heterocycles. The van der Waals surface area contributed by atoms with Gasteiger partial charge >= 0.3 is 5.97 Å². The van der Waals surface area contributed by atoms with Crippen molar-refractivity contribution >= 4 is 27.8 Å². The van der Waals surface area contributed by atoms with Crippen LogP contribution in [0.5, 0.6) is 0 Å². The lowest BCUT2D eigenvalue weighted by molar-refractivity contribution is 0.0691. The second-order valence-electron chi connectivity index (χ2n) is 4.74. The molecule has 4 heteroatoms. The number of H-pyrrole nitrogens is 1. The molecule has 2 N–H and O–H groups in total. The first-order valence-corrected chi connectivity index (χ1v) is 5.84. The number of hydrogen-bond donors (Lipinski definition) is 2. The highest BCUT2D eigenvalue weighted by Gasteiger charge is 2.14. The highest BCUT2D eigenvalue weighted by Crippen LogP contribution is 2.31. The normalized spacial score (nSPS) is 11.7. The van der Waals surface area contributed by atoms with Crippen molar-refractivity contribution in [2.45, 2.75) is 19.8 Å². The van der Waals surface area contributed by atoms with Gasteiger partial charge in [-0.25, -0.2) is 4.79 Å². The quantitative estimate of drug-likeness (QED) is 0.720. The van der Waals surface area contributed by atoms with Gasteiger partial charge in [0.25, 0.3) is 0 Å². The molecule has 0 aliphatic heterocycles. The lowest BCUT2D eigenvalue weighted by Crippen LogP contribution is -1.94. The number of carboxylic acid groups (broad SMARTS) is 1. The summed E-state index contributed by atoms with van der Waals surface area (Å²) in [5.41, 5.74) is 1.71. The summed E-state index contributed by atoms with van der Waals surface area (Å²) in [7, 11) is 0. The fraction of sp³-hybridized carbons (Fsp3) is 0.214. The zero-order valence-electron chi connectivity index (χ0n) is 10.2. The largest absolute Gasteiger partial charge is 0.477 e. The van der Waals surface area contributed by atoms with Gasteiger partial charge in [0.2, 0.25) is 0 Å². The van der Waals surface area contributed by atoms with Crippen LogP contribution in [-0.4, -0.2) is 16.1 Å².